The maximum atomic E-state index is 13.7. The smallest absolute Gasteiger partial charge is 0.255 e. The summed E-state index contributed by atoms with van der Waals surface area (Å²) in [4.78, 5) is 18.8. The second-order valence-electron chi connectivity index (χ2n) is 6.58. The predicted molar refractivity (Wildman–Crippen MR) is 94.6 cm³/mol. The van der Waals surface area contributed by atoms with Crippen LogP contribution in [0.25, 0.3) is 0 Å². The van der Waals surface area contributed by atoms with Crippen LogP contribution in [0.3, 0.4) is 0 Å². The van der Waals surface area contributed by atoms with Gasteiger partial charge in [-0.25, -0.2) is 13.8 Å². The summed E-state index contributed by atoms with van der Waals surface area (Å²) in [6, 6.07) is 6.22. The van der Waals surface area contributed by atoms with Crippen molar-refractivity contribution in [2.75, 3.05) is 36.5 Å². The number of anilines is 2. The molecule has 6 nitrogen and oxygen atoms in total. The van der Waals surface area contributed by atoms with Crippen molar-refractivity contribution in [1.29, 1.82) is 0 Å². The van der Waals surface area contributed by atoms with Crippen LogP contribution >= 0.6 is 0 Å². The van der Waals surface area contributed by atoms with Crippen LogP contribution < -0.4 is 10.2 Å². The Kier molecular flexibility index (Phi) is 4.75. The minimum absolute atomic E-state index is 0.0739. The molecule has 27 heavy (non-hydrogen) atoms. The minimum Gasteiger partial charge on any atom is -0.356 e. The molecule has 4 rings (SSSR count). The lowest BCUT2D eigenvalue weighted by molar-refractivity contribution is -0.169. The van der Waals surface area contributed by atoms with Crippen LogP contribution in [0.5, 0.6) is 0 Å². The molecule has 2 aliphatic heterocycles. The van der Waals surface area contributed by atoms with Gasteiger partial charge in [0.15, 0.2) is 5.79 Å². The fourth-order valence-electron chi connectivity index (χ4n) is 3.38. The van der Waals surface area contributed by atoms with E-state index in [-0.39, 0.29) is 5.69 Å². The molecular weight excluding hydrogens is 356 g/mol. The molecule has 8 heteroatoms. The number of piperidine rings is 1. The number of benzene rings is 1. The van der Waals surface area contributed by atoms with Crippen molar-refractivity contribution in [3.63, 3.8) is 0 Å². The maximum absolute atomic E-state index is 13.7. The number of nitrogens with one attached hydrogen (secondary N) is 1. The average Bonchev–Trinajstić information content (AvgIpc) is 3.12. The first-order chi connectivity index (χ1) is 13.0. The fraction of sp³-hybridized carbons (Fsp3) is 0.368. The Labute approximate surface area is 155 Å². The van der Waals surface area contributed by atoms with Gasteiger partial charge in [0.1, 0.15) is 17.5 Å². The molecule has 2 saturated heterocycles. The molecule has 0 aliphatic carbocycles. The number of hydrogen-bond acceptors (Lipinski definition) is 5. The van der Waals surface area contributed by atoms with Gasteiger partial charge in [0.05, 0.1) is 18.9 Å². The van der Waals surface area contributed by atoms with Crippen LogP contribution in [0.1, 0.15) is 23.2 Å². The van der Waals surface area contributed by atoms with E-state index in [1.807, 2.05) is 0 Å². The van der Waals surface area contributed by atoms with E-state index in [1.165, 1.54) is 12.3 Å². The fourth-order valence-corrected chi connectivity index (χ4v) is 3.38. The van der Waals surface area contributed by atoms with Gasteiger partial charge in [-0.1, -0.05) is 0 Å². The summed E-state index contributed by atoms with van der Waals surface area (Å²) in [6.45, 7) is 2.64. The Morgan fingerprint density at radius 1 is 1.11 bits per heavy atom. The third-order valence-electron chi connectivity index (χ3n) is 4.85. The zero-order valence-corrected chi connectivity index (χ0v) is 14.6. The molecule has 2 aromatic rings. The lowest BCUT2D eigenvalue weighted by Gasteiger charge is -2.38. The molecule has 1 spiro atoms. The number of nitrogens with zero attached hydrogens (tertiary/aromatic N) is 2. The molecule has 0 atom stereocenters. The number of aromatic nitrogens is 1. The van der Waals surface area contributed by atoms with Gasteiger partial charge in [-0.3, -0.25) is 4.79 Å². The quantitative estimate of drug-likeness (QED) is 0.894. The summed E-state index contributed by atoms with van der Waals surface area (Å²) in [5.41, 5.74) is 0.271. The summed E-state index contributed by atoms with van der Waals surface area (Å²) in [5, 5.41) is 2.46. The van der Waals surface area contributed by atoms with E-state index in [0.29, 0.717) is 37.7 Å². The summed E-state index contributed by atoms with van der Waals surface area (Å²) in [7, 11) is 0. The summed E-state index contributed by atoms with van der Waals surface area (Å²) < 4.78 is 38.2. The van der Waals surface area contributed by atoms with E-state index < -0.39 is 23.3 Å². The second kappa shape index (κ2) is 7.21. The van der Waals surface area contributed by atoms with E-state index in [2.05, 4.69) is 15.2 Å². The number of hydrogen-bond donors (Lipinski definition) is 1. The molecular formula is C19H19F2N3O3. The second-order valence-corrected chi connectivity index (χ2v) is 6.58. The van der Waals surface area contributed by atoms with E-state index in [4.69, 9.17) is 9.47 Å². The van der Waals surface area contributed by atoms with Crippen molar-refractivity contribution in [1.82, 2.24) is 4.98 Å². The highest BCUT2D eigenvalue weighted by Crippen LogP contribution is 2.32. The van der Waals surface area contributed by atoms with Gasteiger partial charge in [0.2, 0.25) is 0 Å². The van der Waals surface area contributed by atoms with E-state index >= 15 is 0 Å². The van der Waals surface area contributed by atoms with Crippen LogP contribution in [0.2, 0.25) is 0 Å². The lowest BCUT2D eigenvalue weighted by Crippen LogP contribution is -2.45. The molecule has 142 valence electrons. The van der Waals surface area contributed by atoms with Crippen molar-refractivity contribution in [3.8, 4) is 0 Å². The van der Waals surface area contributed by atoms with Crippen molar-refractivity contribution in [2.45, 2.75) is 18.6 Å². The molecule has 3 heterocycles. The molecule has 0 saturated carbocycles. The predicted octanol–water partition coefficient (Wildman–Crippen LogP) is 2.96. The SMILES string of the molecule is O=C(Nc1ccc(F)cc1F)c1ccnc(N2CCC3(CC2)OCCO3)c1. The number of halogens is 2. The summed E-state index contributed by atoms with van der Waals surface area (Å²) in [6.07, 6.45) is 3.00. The van der Waals surface area contributed by atoms with E-state index in [9.17, 15) is 13.6 Å². The normalized spacial score (nSPS) is 18.7. The van der Waals surface area contributed by atoms with E-state index in [1.54, 1.807) is 12.1 Å². The number of rotatable bonds is 3. The Balaban J connectivity index is 1.45. The van der Waals surface area contributed by atoms with Crippen LogP contribution in [0.15, 0.2) is 36.5 Å². The summed E-state index contributed by atoms with van der Waals surface area (Å²) >= 11 is 0. The lowest BCUT2D eigenvalue weighted by atomic mass is 10.0. The van der Waals surface area contributed by atoms with E-state index in [0.717, 1.165) is 25.0 Å². The van der Waals surface area contributed by atoms with Gasteiger partial charge in [0, 0.05) is 43.8 Å². The maximum Gasteiger partial charge on any atom is 0.255 e. The standard InChI is InChI=1S/C19H19F2N3O3/c20-14-1-2-16(15(21)12-14)23-18(25)13-3-6-22-17(11-13)24-7-4-19(5-8-24)26-9-10-27-19/h1-3,6,11-12H,4-5,7-10H2,(H,23,25). The number of carbonyl (C=O) groups excluding carboxylic acids is 1. The van der Waals surface area contributed by atoms with Crippen LogP contribution in [0, 0.1) is 11.6 Å². The first kappa shape index (κ1) is 17.8. The minimum atomic E-state index is -0.824. The van der Waals surface area contributed by atoms with Gasteiger partial charge in [-0.15, -0.1) is 0 Å². The van der Waals surface area contributed by atoms with Crippen LogP contribution in [-0.4, -0.2) is 43.0 Å². The Morgan fingerprint density at radius 3 is 2.56 bits per heavy atom. The van der Waals surface area contributed by atoms with Gasteiger partial charge in [-0.05, 0) is 24.3 Å². The van der Waals surface area contributed by atoms with Crippen LogP contribution in [-0.2, 0) is 9.47 Å². The van der Waals surface area contributed by atoms with Crippen molar-refractivity contribution < 1.29 is 23.0 Å². The first-order valence-corrected chi connectivity index (χ1v) is 8.80. The highest BCUT2D eigenvalue weighted by Gasteiger charge is 2.40. The number of pyridine rings is 1. The van der Waals surface area contributed by atoms with Gasteiger partial charge < -0.3 is 19.7 Å². The number of amides is 1. The number of carbonyl (C=O) groups is 1. The average molecular weight is 375 g/mol. The first-order valence-electron chi connectivity index (χ1n) is 8.80. The van der Waals surface area contributed by atoms with Gasteiger partial charge in [0.25, 0.3) is 5.91 Å². The number of ether oxygens (including phenoxy) is 2. The Morgan fingerprint density at radius 2 is 1.85 bits per heavy atom. The van der Waals surface area contributed by atoms with Gasteiger partial charge in [-0.2, -0.15) is 0 Å². The molecule has 2 aliphatic rings. The van der Waals surface area contributed by atoms with Crippen LogP contribution in [0.4, 0.5) is 20.3 Å². The Hall–Kier alpha value is -2.58. The largest absolute Gasteiger partial charge is 0.356 e. The zero-order chi connectivity index (χ0) is 18.9. The molecule has 0 bridgehead atoms. The third kappa shape index (κ3) is 3.77. The molecule has 1 amide bonds. The summed E-state index contributed by atoms with van der Waals surface area (Å²) in [5.74, 6) is -1.83. The van der Waals surface area contributed by atoms with Crippen molar-refractivity contribution in [2.24, 2.45) is 0 Å². The zero-order valence-electron chi connectivity index (χ0n) is 14.6. The monoisotopic (exact) mass is 375 g/mol. The Bertz CT molecular complexity index is 846. The molecule has 0 unspecified atom stereocenters. The molecule has 1 N–H and O–H groups in total. The molecule has 0 radical (unpaired) electrons. The highest BCUT2D eigenvalue weighted by atomic mass is 19.1. The topological polar surface area (TPSA) is 63.7 Å². The van der Waals surface area contributed by atoms with Crippen molar-refractivity contribution >= 4 is 17.4 Å². The van der Waals surface area contributed by atoms with Crippen molar-refractivity contribution in [3.05, 3.63) is 53.7 Å². The molecule has 1 aromatic carbocycles. The molecule has 2 fully saturated rings. The highest BCUT2D eigenvalue weighted by molar-refractivity contribution is 6.04. The molecule has 1 aromatic heterocycles. The van der Waals surface area contributed by atoms with Gasteiger partial charge >= 0.3 is 0 Å². The third-order valence-corrected chi connectivity index (χ3v) is 4.85.